The first-order valence-corrected chi connectivity index (χ1v) is 7.31. The van der Waals surface area contributed by atoms with Crippen molar-refractivity contribution in [2.24, 2.45) is 0 Å². The zero-order chi connectivity index (χ0) is 14.9. The van der Waals surface area contributed by atoms with E-state index >= 15 is 0 Å². The van der Waals surface area contributed by atoms with Crippen molar-refractivity contribution in [2.75, 3.05) is 25.0 Å². The second-order valence-electron chi connectivity index (χ2n) is 5.57. The van der Waals surface area contributed by atoms with Gasteiger partial charge in [-0.1, -0.05) is 48.5 Å². The van der Waals surface area contributed by atoms with Gasteiger partial charge < -0.3 is 10.2 Å². The van der Waals surface area contributed by atoms with E-state index in [1.54, 1.807) is 0 Å². The molecule has 3 nitrogen and oxygen atoms in total. The Morgan fingerprint density at radius 3 is 2.43 bits per heavy atom. The van der Waals surface area contributed by atoms with Gasteiger partial charge in [0, 0.05) is 18.8 Å². The first kappa shape index (κ1) is 13.8. The summed E-state index contributed by atoms with van der Waals surface area (Å²) in [6.07, 6.45) is 0. The van der Waals surface area contributed by atoms with Crippen molar-refractivity contribution in [3.05, 3.63) is 65.7 Å². The maximum absolute atomic E-state index is 13.1. The summed E-state index contributed by atoms with van der Waals surface area (Å²) in [6.45, 7) is 3.50. The summed E-state index contributed by atoms with van der Waals surface area (Å²) >= 11 is 0. The van der Waals surface area contributed by atoms with Gasteiger partial charge in [0.1, 0.15) is 0 Å². The number of anilines is 1. The van der Waals surface area contributed by atoms with Crippen molar-refractivity contribution in [1.82, 2.24) is 5.32 Å². The van der Waals surface area contributed by atoms with Crippen molar-refractivity contribution in [2.45, 2.75) is 12.3 Å². The molecule has 0 aromatic heterocycles. The van der Waals surface area contributed by atoms with E-state index in [4.69, 9.17) is 0 Å². The molecule has 0 radical (unpaired) electrons. The summed E-state index contributed by atoms with van der Waals surface area (Å²) in [6, 6.07) is 18.2. The first-order chi connectivity index (χ1) is 10.2. The van der Waals surface area contributed by atoms with E-state index < -0.39 is 5.41 Å². The smallest absolute Gasteiger partial charge is 0.241 e. The van der Waals surface area contributed by atoms with Gasteiger partial charge in [0.2, 0.25) is 5.91 Å². The molecule has 2 aromatic rings. The number of rotatable bonds is 4. The predicted molar refractivity (Wildman–Crippen MR) is 85.6 cm³/mol. The number of para-hydroxylation sites is 1. The third-order valence-electron chi connectivity index (χ3n) is 4.34. The molecule has 1 aliphatic rings. The summed E-state index contributed by atoms with van der Waals surface area (Å²) in [7, 11) is 1.91. The standard InChI is InChI=1S/C18H20N2O/c1-18(14-8-4-3-5-9-14)15-10-6-7-11-16(15)20(17(18)21)13-12-19-2/h3-11,19H,12-13H2,1-2H3. The molecule has 1 heterocycles. The average Bonchev–Trinajstić information content (AvgIpc) is 2.76. The molecule has 3 rings (SSSR count). The number of fused-ring (bicyclic) bond motifs is 1. The summed E-state index contributed by atoms with van der Waals surface area (Å²) in [4.78, 5) is 15.0. The van der Waals surface area contributed by atoms with Crippen molar-refractivity contribution >= 4 is 11.6 Å². The maximum Gasteiger partial charge on any atom is 0.241 e. The van der Waals surface area contributed by atoms with E-state index in [2.05, 4.69) is 11.4 Å². The van der Waals surface area contributed by atoms with Crippen LogP contribution in [0.1, 0.15) is 18.1 Å². The fourth-order valence-electron chi connectivity index (χ4n) is 3.12. The van der Waals surface area contributed by atoms with Gasteiger partial charge in [-0.3, -0.25) is 4.79 Å². The molecule has 1 atom stereocenters. The van der Waals surface area contributed by atoms with Crippen molar-refractivity contribution in [3.63, 3.8) is 0 Å². The minimum atomic E-state index is -0.592. The quantitative estimate of drug-likeness (QED) is 0.933. The zero-order valence-corrected chi connectivity index (χ0v) is 12.5. The molecule has 1 unspecified atom stereocenters. The lowest BCUT2D eigenvalue weighted by Crippen LogP contribution is -2.41. The van der Waals surface area contributed by atoms with Gasteiger partial charge in [0.05, 0.1) is 5.41 Å². The highest BCUT2D eigenvalue weighted by Gasteiger charge is 2.47. The molecule has 0 fully saturated rings. The van der Waals surface area contributed by atoms with Gasteiger partial charge in [-0.05, 0) is 31.2 Å². The highest BCUT2D eigenvalue weighted by Crippen LogP contribution is 2.45. The van der Waals surface area contributed by atoms with Gasteiger partial charge in [0.25, 0.3) is 0 Å². The minimum Gasteiger partial charge on any atom is -0.318 e. The monoisotopic (exact) mass is 280 g/mol. The molecule has 1 N–H and O–H groups in total. The third-order valence-corrected chi connectivity index (χ3v) is 4.34. The molecular formula is C18H20N2O. The molecule has 0 saturated heterocycles. The Morgan fingerprint density at radius 2 is 1.71 bits per heavy atom. The lowest BCUT2D eigenvalue weighted by Gasteiger charge is -2.25. The van der Waals surface area contributed by atoms with Gasteiger partial charge in [0.15, 0.2) is 0 Å². The highest BCUT2D eigenvalue weighted by atomic mass is 16.2. The van der Waals surface area contributed by atoms with E-state index in [-0.39, 0.29) is 5.91 Å². The van der Waals surface area contributed by atoms with Crippen LogP contribution in [-0.4, -0.2) is 26.0 Å². The average molecular weight is 280 g/mol. The molecule has 2 aromatic carbocycles. The van der Waals surface area contributed by atoms with Crippen LogP contribution in [0.15, 0.2) is 54.6 Å². The number of hydrogen-bond donors (Lipinski definition) is 1. The Balaban J connectivity index is 2.12. The normalized spacial score (nSPS) is 20.7. The van der Waals surface area contributed by atoms with Crippen molar-refractivity contribution < 1.29 is 4.79 Å². The number of benzene rings is 2. The predicted octanol–water partition coefficient (Wildman–Crippen LogP) is 2.56. The van der Waals surface area contributed by atoms with Crippen LogP contribution in [0.4, 0.5) is 5.69 Å². The van der Waals surface area contributed by atoms with E-state index in [0.29, 0.717) is 6.54 Å². The SMILES string of the molecule is CNCCN1C(=O)C(C)(c2ccccc2)c2ccccc21. The molecule has 0 bridgehead atoms. The Kier molecular flexibility index (Phi) is 3.52. The van der Waals surface area contributed by atoms with Crippen molar-refractivity contribution in [3.8, 4) is 0 Å². The number of amides is 1. The van der Waals surface area contributed by atoms with E-state index in [1.807, 2.05) is 67.4 Å². The molecule has 0 spiro atoms. The number of nitrogens with zero attached hydrogens (tertiary/aromatic N) is 1. The summed E-state index contributed by atoms with van der Waals surface area (Å²) < 4.78 is 0. The second kappa shape index (κ2) is 5.34. The Morgan fingerprint density at radius 1 is 1.05 bits per heavy atom. The van der Waals surface area contributed by atoms with Crippen molar-refractivity contribution in [1.29, 1.82) is 0 Å². The molecular weight excluding hydrogens is 260 g/mol. The summed E-state index contributed by atoms with van der Waals surface area (Å²) in [5.41, 5.74) is 2.59. The zero-order valence-electron chi connectivity index (χ0n) is 12.5. The fourth-order valence-corrected chi connectivity index (χ4v) is 3.12. The lowest BCUT2D eigenvalue weighted by atomic mass is 9.77. The maximum atomic E-state index is 13.1. The second-order valence-corrected chi connectivity index (χ2v) is 5.57. The van der Waals surface area contributed by atoms with Crippen LogP contribution in [0.2, 0.25) is 0 Å². The number of likely N-dealkylation sites (N-methyl/N-ethyl adjacent to an activating group) is 1. The molecule has 3 heteroatoms. The Labute approximate surface area is 125 Å². The first-order valence-electron chi connectivity index (χ1n) is 7.31. The number of carbonyl (C=O) groups is 1. The Bertz CT molecular complexity index is 653. The minimum absolute atomic E-state index is 0.158. The molecule has 1 amide bonds. The number of nitrogens with one attached hydrogen (secondary N) is 1. The fraction of sp³-hybridized carbons (Fsp3) is 0.278. The lowest BCUT2D eigenvalue weighted by molar-refractivity contribution is -0.121. The van der Waals surface area contributed by atoms with Crippen LogP contribution in [0.5, 0.6) is 0 Å². The highest BCUT2D eigenvalue weighted by molar-refractivity contribution is 6.10. The topological polar surface area (TPSA) is 32.3 Å². The summed E-state index contributed by atoms with van der Waals surface area (Å²) in [5, 5.41) is 3.12. The van der Waals surface area contributed by atoms with Gasteiger partial charge in [-0.15, -0.1) is 0 Å². The van der Waals surface area contributed by atoms with E-state index in [0.717, 1.165) is 23.4 Å². The molecule has 21 heavy (non-hydrogen) atoms. The Hall–Kier alpha value is -2.13. The van der Waals surface area contributed by atoms with E-state index in [9.17, 15) is 4.79 Å². The molecule has 0 saturated carbocycles. The van der Waals surface area contributed by atoms with Crippen LogP contribution in [-0.2, 0) is 10.2 Å². The van der Waals surface area contributed by atoms with Gasteiger partial charge >= 0.3 is 0 Å². The largest absolute Gasteiger partial charge is 0.318 e. The number of hydrogen-bond acceptors (Lipinski definition) is 2. The van der Waals surface area contributed by atoms with E-state index in [1.165, 1.54) is 0 Å². The van der Waals surface area contributed by atoms with Crippen LogP contribution in [0.25, 0.3) is 0 Å². The van der Waals surface area contributed by atoms with Crippen LogP contribution >= 0.6 is 0 Å². The molecule has 1 aliphatic heterocycles. The molecule has 108 valence electrons. The van der Waals surface area contributed by atoms with Gasteiger partial charge in [-0.2, -0.15) is 0 Å². The summed E-state index contributed by atoms with van der Waals surface area (Å²) in [5.74, 6) is 0.158. The molecule has 0 aliphatic carbocycles. The third kappa shape index (κ3) is 2.05. The number of carbonyl (C=O) groups excluding carboxylic acids is 1. The van der Waals surface area contributed by atoms with Gasteiger partial charge in [-0.25, -0.2) is 0 Å². The van der Waals surface area contributed by atoms with Crippen LogP contribution in [0.3, 0.4) is 0 Å². The van der Waals surface area contributed by atoms with Crippen LogP contribution < -0.4 is 10.2 Å². The van der Waals surface area contributed by atoms with Crippen LogP contribution in [0, 0.1) is 0 Å².